The molecule has 0 saturated carbocycles. The second-order valence-electron chi connectivity index (χ2n) is 8.03. The highest BCUT2D eigenvalue weighted by Crippen LogP contribution is 2.41. The summed E-state index contributed by atoms with van der Waals surface area (Å²) in [6.07, 6.45) is -0.514. The molecule has 0 fully saturated rings. The molecule has 0 radical (unpaired) electrons. The summed E-state index contributed by atoms with van der Waals surface area (Å²) in [4.78, 5) is 26.2. The van der Waals surface area contributed by atoms with Gasteiger partial charge in [-0.2, -0.15) is 0 Å². The average molecular weight is 417 g/mol. The maximum absolute atomic E-state index is 13.4. The van der Waals surface area contributed by atoms with Gasteiger partial charge < -0.3 is 14.4 Å². The summed E-state index contributed by atoms with van der Waals surface area (Å²) in [5.74, 6) is 0.137. The van der Waals surface area contributed by atoms with Crippen LogP contribution in [0.2, 0.25) is 0 Å². The molecule has 158 valence electrons. The van der Waals surface area contributed by atoms with E-state index in [9.17, 15) is 14.7 Å². The minimum Gasteiger partial charge on any atom is -0.508 e. The summed E-state index contributed by atoms with van der Waals surface area (Å²) in [6, 6.07) is 14.9. The summed E-state index contributed by atoms with van der Waals surface area (Å²) in [5.41, 5.74) is 4.16. The molecule has 1 aliphatic rings. The first-order chi connectivity index (χ1) is 14.9. The number of hydrogen-bond acceptors (Lipinski definition) is 4. The topological polar surface area (TPSA) is 78.4 Å². The normalized spacial score (nSPS) is 15.9. The Hall–Kier alpha value is -3.58. The number of aromatic hydroxyl groups is 1. The lowest BCUT2D eigenvalue weighted by atomic mass is 10.0. The highest BCUT2D eigenvalue weighted by atomic mass is 16.5. The molecule has 3 heterocycles. The third kappa shape index (κ3) is 2.84. The van der Waals surface area contributed by atoms with E-state index in [1.807, 2.05) is 37.3 Å². The van der Waals surface area contributed by atoms with Crippen LogP contribution < -0.4 is 11.2 Å². The Bertz CT molecular complexity index is 1460. The summed E-state index contributed by atoms with van der Waals surface area (Å²) in [5, 5.41) is 10.5. The largest absolute Gasteiger partial charge is 0.508 e. The first-order valence-corrected chi connectivity index (χ1v) is 10.2. The number of ether oxygens (including phenoxy) is 1. The molecule has 5 rings (SSSR count). The van der Waals surface area contributed by atoms with Crippen LogP contribution in [0.1, 0.15) is 22.9 Å². The Morgan fingerprint density at radius 2 is 1.81 bits per heavy atom. The molecule has 0 amide bonds. The molecule has 7 heteroatoms. The van der Waals surface area contributed by atoms with Crippen LogP contribution in [-0.2, 0) is 25.4 Å². The fourth-order valence-electron chi connectivity index (χ4n) is 4.61. The second-order valence-corrected chi connectivity index (χ2v) is 8.03. The number of hydrogen-bond donors (Lipinski definition) is 1. The molecule has 1 N–H and O–H groups in total. The lowest BCUT2D eigenvalue weighted by Gasteiger charge is -2.27. The van der Waals surface area contributed by atoms with E-state index in [2.05, 4.69) is 4.57 Å². The number of aromatic nitrogens is 3. The minimum absolute atomic E-state index is 0.137. The first-order valence-electron chi connectivity index (χ1n) is 10.2. The molecule has 0 saturated heterocycles. The second kappa shape index (κ2) is 6.99. The zero-order chi connectivity index (χ0) is 21.9. The molecule has 0 unspecified atom stereocenters. The first kappa shape index (κ1) is 19.4. The number of benzene rings is 2. The van der Waals surface area contributed by atoms with Crippen molar-refractivity contribution in [3.8, 4) is 17.0 Å². The third-order valence-corrected chi connectivity index (χ3v) is 6.02. The highest BCUT2D eigenvalue weighted by molar-refractivity contribution is 5.96. The van der Waals surface area contributed by atoms with Crippen LogP contribution in [0.5, 0.6) is 5.75 Å². The van der Waals surface area contributed by atoms with Gasteiger partial charge in [0.25, 0.3) is 5.56 Å². The van der Waals surface area contributed by atoms with Crippen LogP contribution in [0.4, 0.5) is 0 Å². The average Bonchev–Trinajstić information content (AvgIpc) is 3.11. The summed E-state index contributed by atoms with van der Waals surface area (Å²) >= 11 is 0. The standard InChI is InChI=1S/C24H23N3O4/c1-14-6-4-7-15(12-14)19-18-20(25(2)24(30)26(3)23(18)29)21-22(31-11-10-27(19)21)16-8-5-9-17(28)13-16/h4-9,12-13,22,28H,10-11H2,1-3H3/t22-/m1/s1. The van der Waals surface area contributed by atoms with Crippen molar-refractivity contribution in [3.05, 3.63) is 86.2 Å². The van der Waals surface area contributed by atoms with E-state index in [0.29, 0.717) is 24.1 Å². The predicted octanol–water partition coefficient (Wildman–Crippen LogP) is 2.84. The molecular weight excluding hydrogens is 394 g/mol. The van der Waals surface area contributed by atoms with Gasteiger partial charge in [-0.3, -0.25) is 13.9 Å². The van der Waals surface area contributed by atoms with Crippen molar-refractivity contribution < 1.29 is 9.84 Å². The van der Waals surface area contributed by atoms with E-state index in [4.69, 9.17) is 4.74 Å². The number of phenolic OH excluding ortho intramolecular Hbond substituents is 1. The maximum atomic E-state index is 13.4. The van der Waals surface area contributed by atoms with Gasteiger partial charge in [0.2, 0.25) is 0 Å². The molecule has 0 spiro atoms. The van der Waals surface area contributed by atoms with Gasteiger partial charge in [0.05, 0.1) is 28.9 Å². The number of rotatable bonds is 2. The van der Waals surface area contributed by atoms with Crippen molar-refractivity contribution in [1.82, 2.24) is 13.7 Å². The van der Waals surface area contributed by atoms with Crippen LogP contribution >= 0.6 is 0 Å². The monoisotopic (exact) mass is 417 g/mol. The molecule has 4 aromatic rings. The van der Waals surface area contributed by atoms with Gasteiger partial charge in [0, 0.05) is 20.6 Å². The van der Waals surface area contributed by atoms with Gasteiger partial charge >= 0.3 is 5.69 Å². The molecule has 1 atom stereocenters. The maximum Gasteiger partial charge on any atom is 0.331 e. The smallest absolute Gasteiger partial charge is 0.331 e. The Labute approximate surface area is 178 Å². The van der Waals surface area contributed by atoms with Gasteiger partial charge in [-0.05, 0) is 36.2 Å². The molecular formula is C24H23N3O4. The highest BCUT2D eigenvalue weighted by Gasteiger charge is 2.33. The van der Waals surface area contributed by atoms with Crippen molar-refractivity contribution >= 4 is 10.9 Å². The summed E-state index contributed by atoms with van der Waals surface area (Å²) in [7, 11) is 3.18. The van der Waals surface area contributed by atoms with Gasteiger partial charge in [0.15, 0.2) is 0 Å². The lowest BCUT2D eigenvalue weighted by Crippen LogP contribution is -2.37. The fraction of sp³-hybridized carbons (Fsp3) is 0.250. The third-order valence-electron chi connectivity index (χ3n) is 6.02. The lowest BCUT2D eigenvalue weighted by molar-refractivity contribution is 0.0477. The van der Waals surface area contributed by atoms with E-state index in [0.717, 1.165) is 32.6 Å². The molecule has 2 aromatic heterocycles. The Kier molecular flexibility index (Phi) is 4.37. The van der Waals surface area contributed by atoms with E-state index in [-0.39, 0.29) is 17.0 Å². The molecule has 7 nitrogen and oxygen atoms in total. The SMILES string of the molecule is Cc1cccc(-c2c3c(=O)n(C)c(=O)n(C)c3c3n2CCO[C@@H]3c2cccc(O)c2)c1. The Morgan fingerprint density at radius 3 is 2.55 bits per heavy atom. The minimum atomic E-state index is -0.514. The molecule has 2 aromatic carbocycles. The number of aryl methyl sites for hydroxylation is 2. The zero-order valence-electron chi connectivity index (χ0n) is 17.6. The summed E-state index contributed by atoms with van der Waals surface area (Å²) < 4.78 is 10.9. The van der Waals surface area contributed by atoms with Crippen LogP contribution in [-0.4, -0.2) is 25.4 Å². The van der Waals surface area contributed by atoms with Crippen LogP contribution in [0.25, 0.3) is 22.2 Å². The number of phenols is 1. The van der Waals surface area contributed by atoms with Gasteiger partial charge in [-0.1, -0.05) is 35.9 Å². The number of nitrogens with zero attached hydrogens (tertiary/aromatic N) is 3. The quantitative estimate of drug-likeness (QED) is 0.544. The van der Waals surface area contributed by atoms with Gasteiger partial charge in [-0.15, -0.1) is 0 Å². The molecule has 0 bridgehead atoms. The molecule has 31 heavy (non-hydrogen) atoms. The fourth-order valence-corrected chi connectivity index (χ4v) is 4.61. The van der Waals surface area contributed by atoms with E-state index in [1.165, 1.54) is 11.6 Å². The van der Waals surface area contributed by atoms with Crippen molar-refractivity contribution in [3.63, 3.8) is 0 Å². The Morgan fingerprint density at radius 1 is 1.03 bits per heavy atom. The Balaban J connectivity index is 1.96. The van der Waals surface area contributed by atoms with Gasteiger partial charge in [-0.25, -0.2) is 4.79 Å². The van der Waals surface area contributed by atoms with E-state index in [1.54, 1.807) is 25.2 Å². The zero-order valence-corrected chi connectivity index (χ0v) is 17.6. The van der Waals surface area contributed by atoms with E-state index < -0.39 is 6.10 Å². The van der Waals surface area contributed by atoms with Gasteiger partial charge in [0.1, 0.15) is 11.9 Å². The van der Waals surface area contributed by atoms with Crippen molar-refractivity contribution in [2.45, 2.75) is 19.6 Å². The predicted molar refractivity (Wildman–Crippen MR) is 118 cm³/mol. The van der Waals surface area contributed by atoms with Crippen LogP contribution in [0, 0.1) is 6.92 Å². The summed E-state index contributed by atoms with van der Waals surface area (Å²) in [6.45, 7) is 3.01. The van der Waals surface area contributed by atoms with Crippen molar-refractivity contribution in [2.75, 3.05) is 6.61 Å². The van der Waals surface area contributed by atoms with Crippen LogP contribution in [0.15, 0.2) is 58.1 Å². The molecule has 0 aliphatic carbocycles. The van der Waals surface area contributed by atoms with Crippen LogP contribution in [0.3, 0.4) is 0 Å². The molecule has 1 aliphatic heterocycles. The van der Waals surface area contributed by atoms with E-state index >= 15 is 0 Å². The van der Waals surface area contributed by atoms with Crippen molar-refractivity contribution in [2.24, 2.45) is 14.1 Å². The number of fused-ring (bicyclic) bond motifs is 3. The van der Waals surface area contributed by atoms with Crippen molar-refractivity contribution in [1.29, 1.82) is 0 Å².